The molecule has 0 heterocycles. The van der Waals surface area contributed by atoms with E-state index < -0.39 is 23.9 Å². The normalized spacial score (nSPS) is 12.3. The first-order valence-corrected chi connectivity index (χ1v) is 13.5. The summed E-state index contributed by atoms with van der Waals surface area (Å²) in [5, 5.41) is 7.11. The Balaban J connectivity index is 1.85. The second-order valence-electron chi connectivity index (χ2n) is 9.84. The first kappa shape index (κ1) is 30.7. The van der Waals surface area contributed by atoms with Gasteiger partial charge in [0.1, 0.15) is 24.4 Å². The number of carbonyl (C=O) groups excluding carboxylic acids is 3. The molecule has 0 saturated heterocycles. The number of likely N-dealkylation sites (N-methyl/N-ethyl adjacent to an activating group) is 1. The van der Waals surface area contributed by atoms with Crippen LogP contribution in [0.1, 0.15) is 41.8 Å². The zero-order valence-corrected chi connectivity index (χ0v) is 24.0. The van der Waals surface area contributed by atoms with E-state index >= 15 is 0 Å². The number of rotatable bonds is 13. The van der Waals surface area contributed by atoms with Crippen molar-refractivity contribution in [2.45, 2.75) is 45.4 Å². The van der Waals surface area contributed by atoms with Crippen LogP contribution in [-0.2, 0) is 27.5 Å². The number of hydroxylamine groups is 2. The molecule has 3 aromatic carbocycles. The molecule has 0 aliphatic carbocycles. The van der Waals surface area contributed by atoms with Crippen molar-refractivity contribution >= 4 is 29.3 Å². The van der Waals surface area contributed by atoms with Crippen molar-refractivity contribution < 1.29 is 24.0 Å². The number of halogens is 1. The van der Waals surface area contributed by atoms with Gasteiger partial charge in [-0.3, -0.25) is 19.2 Å². The van der Waals surface area contributed by atoms with Gasteiger partial charge in [0.25, 0.3) is 11.8 Å². The summed E-state index contributed by atoms with van der Waals surface area (Å²) in [4.78, 5) is 45.1. The number of nitrogens with zero attached hydrogens (tertiary/aromatic N) is 1. The van der Waals surface area contributed by atoms with Crippen molar-refractivity contribution in [3.8, 4) is 5.75 Å². The van der Waals surface area contributed by atoms with Crippen molar-refractivity contribution in [3.63, 3.8) is 0 Å². The molecule has 2 atom stereocenters. The molecule has 0 bridgehead atoms. The molecule has 0 unspecified atom stereocenters. The summed E-state index contributed by atoms with van der Waals surface area (Å²) in [6.45, 7) is 4.17. The average Bonchev–Trinajstić information content (AvgIpc) is 2.95. The highest BCUT2D eigenvalue weighted by Gasteiger charge is 2.30. The van der Waals surface area contributed by atoms with E-state index in [2.05, 4.69) is 10.6 Å². The monoisotopic (exact) mass is 565 g/mol. The van der Waals surface area contributed by atoms with Gasteiger partial charge in [0.05, 0.1) is 12.7 Å². The van der Waals surface area contributed by atoms with Gasteiger partial charge in [-0.15, -0.1) is 0 Å². The van der Waals surface area contributed by atoms with E-state index in [1.807, 2.05) is 74.5 Å². The van der Waals surface area contributed by atoms with Gasteiger partial charge < -0.3 is 15.4 Å². The van der Waals surface area contributed by atoms with Crippen molar-refractivity contribution in [1.82, 2.24) is 15.7 Å². The lowest BCUT2D eigenvalue weighted by atomic mass is 10.0. The highest BCUT2D eigenvalue weighted by molar-refractivity contribution is 6.31. The Kier molecular flexibility index (Phi) is 11.5. The van der Waals surface area contributed by atoms with Crippen LogP contribution in [0.4, 0.5) is 0 Å². The predicted molar refractivity (Wildman–Crippen MR) is 155 cm³/mol. The summed E-state index contributed by atoms with van der Waals surface area (Å²) in [5.74, 6) is -0.950. The zero-order valence-electron chi connectivity index (χ0n) is 23.2. The van der Waals surface area contributed by atoms with Crippen LogP contribution in [-0.4, -0.2) is 49.0 Å². The molecule has 3 rings (SSSR count). The smallest absolute Gasteiger partial charge is 0.268 e. The maximum Gasteiger partial charge on any atom is 0.268 e. The van der Waals surface area contributed by atoms with Gasteiger partial charge in [-0.25, -0.2) is 5.06 Å². The first-order valence-electron chi connectivity index (χ1n) is 13.1. The molecule has 212 valence electrons. The van der Waals surface area contributed by atoms with Crippen LogP contribution in [0.25, 0.3) is 0 Å². The zero-order chi connectivity index (χ0) is 29.1. The van der Waals surface area contributed by atoms with Gasteiger partial charge in [0.15, 0.2) is 0 Å². The average molecular weight is 566 g/mol. The summed E-state index contributed by atoms with van der Waals surface area (Å²) < 4.78 is 5.95. The van der Waals surface area contributed by atoms with E-state index in [9.17, 15) is 14.4 Å². The molecule has 3 amide bonds. The van der Waals surface area contributed by atoms with Crippen molar-refractivity contribution in [2.24, 2.45) is 5.92 Å². The maximum atomic E-state index is 13.6. The minimum absolute atomic E-state index is 0.123. The molecule has 0 fully saturated rings. The number of benzene rings is 3. The number of amides is 3. The number of hydrogen-bond acceptors (Lipinski definition) is 5. The molecule has 40 heavy (non-hydrogen) atoms. The SMILES string of the molecule is CON(C)C(=O)[C@@H](CC(C)C)NC(=O)[C@H](Cc1ccccc1)NC(=O)c1cc(Cl)ccc1OCc1ccccc1. The Morgan fingerprint density at radius 2 is 1.50 bits per heavy atom. The largest absolute Gasteiger partial charge is 0.488 e. The molecular weight excluding hydrogens is 530 g/mol. The Bertz CT molecular complexity index is 1270. The van der Waals surface area contributed by atoms with Gasteiger partial charge in [0.2, 0.25) is 5.91 Å². The summed E-state index contributed by atoms with van der Waals surface area (Å²) in [5.41, 5.74) is 1.98. The fourth-order valence-corrected chi connectivity index (χ4v) is 4.28. The lowest BCUT2D eigenvalue weighted by molar-refractivity contribution is -0.172. The Morgan fingerprint density at radius 3 is 2.10 bits per heavy atom. The fourth-order valence-electron chi connectivity index (χ4n) is 4.11. The Morgan fingerprint density at radius 1 is 0.875 bits per heavy atom. The second-order valence-corrected chi connectivity index (χ2v) is 10.3. The third-order valence-corrected chi connectivity index (χ3v) is 6.47. The van der Waals surface area contributed by atoms with E-state index in [1.54, 1.807) is 12.1 Å². The highest BCUT2D eigenvalue weighted by atomic mass is 35.5. The van der Waals surface area contributed by atoms with Crippen LogP contribution in [0.3, 0.4) is 0 Å². The van der Waals surface area contributed by atoms with Gasteiger partial charge in [-0.2, -0.15) is 0 Å². The lowest BCUT2D eigenvalue weighted by Gasteiger charge is -2.26. The van der Waals surface area contributed by atoms with Crippen molar-refractivity contribution in [1.29, 1.82) is 0 Å². The van der Waals surface area contributed by atoms with Crippen LogP contribution >= 0.6 is 11.6 Å². The fraction of sp³-hybridized carbons (Fsp3) is 0.323. The molecule has 9 heteroatoms. The molecular formula is C31H36ClN3O5. The topological polar surface area (TPSA) is 97.0 Å². The van der Waals surface area contributed by atoms with Crippen LogP contribution < -0.4 is 15.4 Å². The maximum absolute atomic E-state index is 13.6. The number of nitrogens with one attached hydrogen (secondary N) is 2. The van der Waals surface area contributed by atoms with Crippen molar-refractivity contribution in [3.05, 3.63) is 101 Å². The first-order chi connectivity index (χ1) is 19.2. The van der Waals surface area contributed by atoms with Gasteiger partial charge in [0, 0.05) is 18.5 Å². The molecule has 2 N–H and O–H groups in total. The van der Waals surface area contributed by atoms with Gasteiger partial charge in [-0.05, 0) is 41.7 Å². The molecule has 0 aromatic heterocycles. The predicted octanol–water partition coefficient (Wildman–Crippen LogP) is 4.81. The molecule has 0 saturated carbocycles. The van der Waals surface area contributed by atoms with E-state index in [4.69, 9.17) is 21.2 Å². The number of carbonyl (C=O) groups is 3. The van der Waals surface area contributed by atoms with E-state index in [0.717, 1.165) is 16.2 Å². The lowest BCUT2D eigenvalue weighted by Crippen LogP contribution is -2.54. The van der Waals surface area contributed by atoms with Crippen molar-refractivity contribution in [2.75, 3.05) is 14.2 Å². The quantitative estimate of drug-likeness (QED) is 0.290. The number of ether oxygens (including phenoxy) is 1. The highest BCUT2D eigenvalue weighted by Crippen LogP contribution is 2.24. The van der Waals surface area contributed by atoms with E-state index in [1.165, 1.54) is 20.2 Å². The third-order valence-electron chi connectivity index (χ3n) is 6.23. The molecule has 0 radical (unpaired) electrons. The van der Waals surface area contributed by atoms with E-state index in [0.29, 0.717) is 17.2 Å². The molecule has 8 nitrogen and oxygen atoms in total. The molecule has 0 aliphatic heterocycles. The van der Waals surface area contributed by atoms with Crippen LogP contribution in [0.5, 0.6) is 5.75 Å². The third kappa shape index (κ3) is 9.10. The molecule has 0 aliphatic rings. The van der Waals surface area contributed by atoms with Crippen LogP contribution in [0, 0.1) is 5.92 Å². The summed E-state index contributed by atoms with van der Waals surface area (Å²) >= 11 is 6.23. The minimum Gasteiger partial charge on any atom is -0.488 e. The number of hydrogen-bond donors (Lipinski definition) is 2. The Labute approximate surface area is 240 Å². The van der Waals surface area contributed by atoms with E-state index in [-0.39, 0.29) is 30.4 Å². The molecule has 3 aromatic rings. The standard InChI is InChI=1S/C31H36ClN3O5/c1-21(2)17-27(31(38)35(3)39-4)34-30(37)26(18-22-11-7-5-8-12-22)33-29(36)25-19-24(32)15-16-28(25)40-20-23-13-9-6-10-14-23/h5-16,19,21,26-27H,17-18,20H2,1-4H3,(H,33,36)(H,34,37)/t26-,27+/m0/s1. The van der Waals surface area contributed by atoms with Crippen LogP contribution in [0.15, 0.2) is 78.9 Å². The van der Waals surface area contributed by atoms with Gasteiger partial charge >= 0.3 is 0 Å². The molecule has 0 spiro atoms. The Hall–Kier alpha value is -3.88. The second kappa shape index (κ2) is 15.1. The minimum atomic E-state index is -0.980. The van der Waals surface area contributed by atoms with Gasteiger partial charge in [-0.1, -0.05) is 86.1 Å². The summed E-state index contributed by atoms with van der Waals surface area (Å²) in [6, 6.07) is 21.9. The van der Waals surface area contributed by atoms with Crippen LogP contribution in [0.2, 0.25) is 5.02 Å². The summed E-state index contributed by atoms with van der Waals surface area (Å²) in [6.07, 6.45) is 0.609. The summed E-state index contributed by atoms with van der Waals surface area (Å²) in [7, 11) is 2.87.